The van der Waals surface area contributed by atoms with Crippen molar-refractivity contribution < 1.29 is 19.1 Å². The third kappa shape index (κ3) is 9.08. The molecular weight excluding hydrogens is 498 g/mol. The number of nitrogens with zero attached hydrogens (tertiary/aromatic N) is 1. The second-order valence-corrected chi connectivity index (χ2v) is 12.5. The highest BCUT2D eigenvalue weighted by molar-refractivity contribution is 7.98. The molecule has 0 heterocycles. The number of para-hydroxylation sites is 1. The standard InChI is InChI=1S/C30H43N3O4S/c1-20-14-16-22(17-15-20)25(26(34)31-23-13-11-10-12-21(23)2)33(29(3,4)5)27(35)24(18-19-38-9)32-28(36)37-30(6,7)8/h10-17,24-25H,18-19H2,1-9H3,(H,31,34)(H,32,36). The van der Waals surface area contributed by atoms with Crippen LogP contribution < -0.4 is 10.6 Å². The molecule has 0 radical (unpaired) electrons. The minimum Gasteiger partial charge on any atom is -0.444 e. The van der Waals surface area contributed by atoms with Crippen LogP contribution >= 0.6 is 11.8 Å². The monoisotopic (exact) mass is 541 g/mol. The largest absolute Gasteiger partial charge is 0.444 e. The predicted octanol–water partition coefficient (Wildman–Crippen LogP) is 6.26. The number of nitrogens with one attached hydrogen (secondary N) is 2. The summed E-state index contributed by atoms with van der Waals surface area (Å²) < 4.78 is 5.45. The molecule has 8 heteroatoms. The molecule has 2 N–H and O–H groups in total. The molecule has 0 aromatic heterocycles. The average Bonchev–Trinajstić information content (AvgIpc) is 2.80. The van der Waals surface area contributed by atoms with Crippen LogP contribution in [0, 0.1) is 13.8 Å². The maximum Gasteiger partial charge on any atom is 0.408 e. The Kier molecular flexibility index (Phi) is 10.8. The maximum atomic E-state index is 14.3. The summed E-state index contributed by atoms with van der Waals surface area (Å²) in [6.07, 6.45) is 1.68. The van der Waals surface area contributed by atoms with Gasteiger partial charge in [0.1, 0.15) is 17.7 Å². The van der Waals surface area contributed by atoms with E-state index in [-0.39, 0.29) is 11.8 Å². The number of aryl methyl sites for hydroxylation is 2. The number of hydrogen-bond acceptors (Lipinski definition) is 5. The van der Waals surface area contributed by atoms with E-state index in [2.05, 4.69) is 10.6 Å². The van der Waals surface area contributed by atoms with Gasteiger partial charge in [-0.25, -0.2) is 4.79 Å². The lowest BCUT2D eigenvalue weighted by Gasteiger charge is -2.43. The van der Waals surface area contributed by atoms with E-state index in [9.17, 15) is 14.4 Å². The predicted molar refractivity (Wildman–Crippen MR) is 156 cm³/mol. The lowest BCUT2D eigenvalue weighted by molar-refractivity contribution is -0.146. The zero-order valence-corrected chi connectivity index (χ0v) is 25.0. The summed E-state index contributed by atoms with van der Waals surface area (Å²) in [7, 11) is 0. The van der Waals surface area contributed by atoms with Crippen LogP contribution in [0.25, 0.3) is 0 Å². The quantitative estimate of drug-likeness (QED) is 0.391. The minimum absolute atomic E-state index is 0.327. The van der Waals surface area contributed by atoms with Crippen molar-refractivity contribution in [2.75, 3.05) is 17.3 Å². The van der Waals surface area contributed by atoms with Gasteiger partial charge in [-0.3, -0.25) is 9.59 Å². The summed E-state index contributed by atoms with van der Waals surface area (Å²) in [5, 5.41) is 5.81. The molecule has 38 heavy (non-hydrogen) atoms. The molecule has 2 atom stereocenters. The first-order valence-electron chi connectivity index (χ1n) is 12.9. The summed E-state index contributed by atoms with van der Waals surface area (Å²) in [6, 6.07) is 13.4. The first kappa shape index (κ1) is 31.2. The Labute approximate surface area is 232 Å². The Hall–Kier alpha value is -3.00. The number of ether oxygens (including phenoxy) is 1. The summed E-state index contributed by atoms with van der Waals surface area (Å²) in [6.45, 7) is 14.9. The molecule has 2 unspecified atom stereocenters. The zero-order valence-electron chi connectivity index (χ0n) is 24.2. The lowest BCUT2D eigenvalue weighted by Crippen LogP contribution is -2.58. The van der Waals surface area contributed by atoms with Gasteiger partial charge in [0.05, 0.1) is 0 Å². The number of hydrogen-bond donors (Lipinski definition) is 2. The SMILES string of the molecule is CSCCC(NC(=O)OC(C)(C)C)C(=O)N(C(C(=O)Nc1ccccc1C)c1ccc(C)cc1)C(C)(C)C. The van der Waals surface area contributed by atoms with Gasteiger partial charge < -0.3 is 20.3 Å². The smallest absolute Gasteiger partial charge is 0.408 e. The third-order valence-corrected chi connectivity index (χ3v) is 6.51. The van der Waals surface area contributed by atoms with Crippen molar-refractivity contribution in [1.29, 1.82) is 0 Å². The van der Waals surface area contributed by atoms with E-state index in [1.165, 1.54) is 0 Å². The molecule has 3 amide bonds. The molecule has 0 aliphatic rings. The van der Waals surface area contributed by atoms with Crippen molar-refractivity contribution in [3.63, 3.8) is 0 Å². The molecule has 0 spiro atoms. The van der Waals surface area contributed by atoms with Crippen LogP contribution in [0.15, 0.2) is 48.5 Å². The number of carbonyl (C=O) groups is 3. The van der Waals surface area contributed by atoms with Crippen molar-refractivity contribution >= 4 is 35.4 Å². The van der Waals surface area contributed by atoms with Gasteiger partial charge in [-0.15, -0.1) is 0 Å². The van der Waals surface area contributed by atoms with Gasteiger partial charge in [-0.1, -0.05) is 48.0 Å². The van der Waals surface area contributed by atoms with Crippen molar-refractivity contribution in [3.8, 4) is 0 Å². The topological polar surface area (TPSA) is 87.7 Å². The van der Waals surface area contributed by atoms with E-state index < -0.39 is 29.3 Å². The Bertz CT molecular complexity index is 1100. The number of anilines is 1. The summed E-state index contributed by atoms with van der Waals surface area (Å²) in [4.78, 5) is 42.5. The Balaban J connectivity index is 2.56. The van der Waals surface area contributed by atoms with Crippen molar-refractivity contribution in [2.24, 2.45) is 0 Å². The average molecular weight is 542 g/mol. The van der Waals surface area contributed by atoms with E-state index in [0.29, 0.717) is 23.4 Å². The molecule has 0 bridgehead atoms. The van der Waals surface area contributed by atoms with Crippen LogP contribution in [0.2, 0.25) is 0 Å². The first-order chi connectivity index (χ1) is 17.6. The van der Waals surface area contributed by atoms with Gasteiger partial charge in [0, 0.05) is 11.2 Å². The molecule has 2 rings (SSSR count). The van der Waals surface area contributed by atoms with Crippen molar-refractivity contribution in [1.82, 2.24) is 10.2 Å². The fourth-order valence-corrected chi connectivity index (χ4v) is 4.51. The molecule has 0 saturated heterocycles. The molecule has 0 aliphatic heterocycles. The van der Waals surface area contributed by atoms with Gasteiger partial charge in [0.2, 0.25) is 5.91 Å². The van der Waals surface area contributed by atoms with Gasteiger partial charge in [-0.2, -0.15) is 11.8 Å². The molecule has 7 nitrogen and oxygen atoms in total. The minimum atomic E-state index is -0.931. The Morgan fingerprint density at radius 3 is 2.08 bits per heavy atom. The Morgan fingerprint density at radius 2 is 1.55 bits per heavy atom. The van der Waals surface area contributed by atoms with Gasteiger partial charge in [-0.05, 0) is 91.0 Å². The van der Waals surface area contributed by atoms with Crippen LogP contribution in [-0.2, 0) is 14.3 Å². The Morgan fingerprint density at radius 1 is 0.947 bits per heavy atom. The highest BCUT2D eigenvalue weighted by Crippen LogP contribution is 2.32. The number of carbonyl (C=O) groups excluding carboxylic acids is 3. The number of rotatable bonds is 9. The lowest BCUT2D eigenvalue weighted by atomic mass is 9.94. The molecular formula is C30H43N3O4S. The molecule has 0 fully saturated rings. The van der Waals surface area contributed by atoms with Crippen LogP contribution in [-0.4, -0.2) is 52.0 Å². The second kappa shape index (κ2) is 13.2. The summed E-state index contributed by atoms with van der Waals surface area (Å²) in [5.41, 5.74) is 1.88. The van der Waals surface area contributed by atoms with Crippen LogP contribution in [0.1, 0.15) is 70.7 Å². The van der Waals surface area contributed by atoms with E-state index in [4.69, 9.17) is 4.74 Å². The highest BCUT2D eigenvalue weighted by Gasteiger charge is 2.41. The maximum absolute atomic E-state index is 14.3. The van der Waals surface area contributed by atoms with Crippen LogP contribution in [0.5, 0.6) is 0 Å². The van der Waals surface area contributed by atoms with Crippen molar-refractivity contribution in [3.05, 3.63) is 65.2 Å². The molecule has 0 saturated carbocycles. The zero-order chi connectivity index (χ0) is 28.7. The normalized spacial score (nSPS) is 13.3. The van der Waals surface area contributed by atoms with E-state index >= 15 is 0 Å². The van der Waals surface area contributed by atoms with Gasteiger partial charge >= 0.3 is 6.09 Å². The van der Waals surface area contributed by atoms with E-state index in [1.54, 1.807) is 37.4 Å². The molecule has 2 aromatic rings. The second-order valence-electron chi connectivity index (χ2n) is 11.5. The fourth-order valence-electron chi connectivity index (χ4n) is 4.04. The highest BCUT2D eigenvalue weighted by atomic mass is 32.2. The molecule has 208 valence electrons. The summed E-state index contributed by atoms with van der Waals surface area (Å²) >= 11 is 1.58. The molecule has 2 aromatic carbocycles. The van der Waals surface area contributed by atoms with Crippen LogP contribution in [0.3, 0.4) is 0 Å². The van der Waals surface area contributed by atoms with Crippen molar-refractivity contribution in [2.45, 2.75) is 85.0 Å². The van der Waals surface area contributed by atoms with Crippen LogP contribution in [0.4, 0.5) is 10.5 Å². The number of alkyl carbamates (subject to hydrolysis) is 1. The number of amides is 3. The van der Waals surface area contributed by atoms with Gasteiger partial charge in [0.25, 0.3) is 5.91 Å². The van der Waals surface area contributed by atoms with Gasteiger partial charge in [0.15, 0.2) is 0 Å². The molecule has 0 aliphatic carbocycles. The number of thioether (sulfide) groups is 1. The fraction of sp³-hybridized carbons (Fsp3) is 0.500. The summed E-state index contributed by atoms with van der Waals surface area (Å²) in [5.74, 6) is -0.0235. The first-order valence-corrected chi connectivity index (χ1v) is 14.3. The van der Waals surface area contributed by atoms with E-state index in [1.807, 2.05) is 89.4 Å². The third-order valence-electron chi connectivity index (χ3n) is 5.86. The van der Waals surface area contributed by atoms with E-state index in [0.717, 1.165) is 11.1 Å². The number of benzene rings is 2.